The molecule has 1 unspecified atom stereocenters. The Kier molecular flexibility index (Phi) is 6.93. The zero-order chi connectivity index (χ0) is 26.0. The van der Waals surface area contributed by atoms with Gasteiger partial charge in [0.25, 0.3) is 5.91 Å². The number of hydrogen-bond acceptors (Lipinski definition) is 7. The van der Waals surface area contributed by atoms with Crippen LogP contribution in [0.2, 0.25) is 5.02 Å². The van der Waals surface area contributed by atoms with E-state index in [9.17, 15) is 18.0 Å². The molecule has 0 saturated carbocycles. The van der Waals surface area contributed by atoms with Crippen molar-refractivity contribution in [3.8, 4) is 22.9 Å². The first kappa shape index (κ1) is 25.1. The number of halogens is 4. The van der Waals surface area contributed by atoms with E-state index in [4.69, 9.17) is 21.1 Å². The highest BCUT2D eigenvalue weighted by atomic mass is 35.5. The number of methoxy groups -OCH3 is 1. The van der Waals surface area contributed by atoms with Gasteiger partial charge in [0.1, 0.15) is 6.04 Å². The average Bonchev–Trinajstić information content (AvgIpc) is 3.46. The van der Waals surface area contributed by atoms with Gasteiger partial charge in [-0.25, -0.2) is 4.68 Å². The number of anilines is 2. The van der Waals surface area contributed by atoms with E-state index < -0.39 is 24.7 Å². The molecule has 0 aliphatic heterocycles. The molecule has 0 radical (unpaired) electrons. The fraction of sp³-hybridized carbons (Fsp3) is 0.273. The maximum absolute atomic E-state index is 12.6. The predicted octanol–water partition coefficient (Wildman–Crippen LogP) is 4.21. The Labute approximate surface area is 207 Å². The molecule has 190 valence electrons. The maximum atomic E-state index is 12.6. The SMILES string of the molecule is COc1cc(-c2nc(Nc3ccc4[nH]ncc4c3Cl)n(C)n2)ccc1OCC(=O)NC(C)C(F)(F)F. The monoisotopic (exact) mass is 523 g/mol. The molecule has 0 fully saturated rings. The number of nitrogens with zero attached hydrogens (tertiary/aromatic N) is 4. The topological polar surface area (TPSA) is 119 Å². The molecule has 2 aromatic heterocycles. The molecule has 0 bridgehead atoms. The lowest BCUT2D eigenvalue weighted by atomic mass is 10.2. The van der Waals surface area contributed by atoms with Gasteiger partial charge in [-0.2, -0.15) is 23.3 Å². The number of aromatic nitrogens is 5. The van der Waals surface area contributed by atoms with E-state index in [0.29, 0.717) is 28.0 Å². The zero-order valence-electron chi connectivity index (χ0n) is 19.3. The number of aryl methyl sites for hydroxylation is 1. The molecule has 3 N–H and O–H groups in total. The minimum absolute atomic E-state index is 0.172. The van der Waals surface area contributed by atoms with Gasteiger partial charge < -0.3 is 20.1 Å². The van der Waals surface area contributed by atoms with Crippen LogP contribution < -0.4 is 20.1 Å². The van der Waals surface area contributed by atoms with Crippen LogP contribution >= 0.6 is 11.6 Å². The lowest BCUT2D eigenvalue weighted by molar-refractivity contribution is -0.158. The van der Waals surface area contributed by atoms with Crippen molar-refractivity contribution in [2.45, 2.75) is 19.1 Å². The summed E-state index contributed by atoms with van der Waals surface area (Å²) in [5.74, 6) is 0.289. The minimum atomic E-state index is -4.55. The third kappa shape index (κ3) is 5.30. The number of nitrogens with one attached hydrogen (secondary N) is 3. The molecule has 0 aliphatic rings. The van der Waals surface area contributed by atoms with Gasteiger partial charge in [0.05, 0.1) is 29.5 Å². The molecule has 4 aromatic rings. The number of ether oxygens (including phenoxy) is 2. The maximum Gasteiger partial charge on any atom is 0.408 e. The van der Waals surface area contributed by atoms with Gasteiger partial charge in [-0.05, 0) is 37.3 Å². The molecule has 2 heterocycles. The van der Waals surface area contributed by atoms with Crippen LogP contribution in [0.1, 0.15) is 6.92 Å². The predicted molar refractivity (Wildman–Crippen MR) is 127 cm³/mol. The summed E-state index contributed by atoms with van der Waals surface area (Å²) in [6, 6.07) is 6.38. The van der Waals surface area contributed by atoms with Crippen molar-refractivity contribution in [3.63, 3.8) is 0 Å². The van der Waals surface area contributed by atoms with Crippen molar-refractivity contribution in [3.05, 3.63) is 41.6 Å². The van der Waals surface area contributed by atoms with Gasteiger partial charge >= 0.3 is 6.18 Å². The van der Waals surface area contributed by atoms with Crippen molar-refractivity contribution < 1.29 is 27.4 Å². The molecule has 0 spiro atoms. The highest BCUT2D eigenvalue weighted by Crippen LogP contribution is 2.34. The molecule has 1 amide bonds. The summed E-state index contributed by atoms with van der Waals surface area (Å²) in [6.07, 6.45) is -2.92. The lowest BCUT2D eigenvalue weighted by Gasteiger charge is -2.17. The first-order valence-electron chi connectivity index (χ1n) is 10.5. The summed E-state index contributed by atoms with van der Waals surface area (Å²) in [6.45, 7) is 0.230. The van der Waals surface area contributed by atoms with Crippen LogP contribution in [-0.2, 0) is 11.8 Å². The molecule has 10 nitrogen and oxygen atoms in total. The molecule has 2 aromatic carbocycles. The number of rotatable bonds is 8. The standard InChI is InChI=1S/C22H21ClF3N7O3/c1-11(22(24,25)26)28-18(34)10-36-16-7-4-12(8-17(16)35-3)20-30-21(33(2)32-20)29-15-6-5-14-13(19(15)23)9-27-31-14/h4-9,11H,10H2,1-3H3,(H,27,31)(H,28,34)(H,29,30,32). The van der Waals surface area contributed by atoms with Gasteiger partial charge in [0.2, 0.25) is 5.95 Å². The van der Waals surface area contributed by atoms with Crippen LogP contribution in [0.25, 0.3) is 22.3 Å². The Morgan fingerprint density at radius 2 is 2.03 bits per heavy atom. The summed E-state index contributed by atoms with van der Waals surface area (Å²) in [7, 11) is 3.10. The number of benzene rings is 2. The molecule has 1 atom stereocenters. The molecular weight excluding hydrogens is 503 g/mol. The lowest BCUT2D eigenvalue weighted by Crippen LogP contribution is -2.44. The van der Waals surface area contributed by atoms with Crippen LogP contribution in [0, 0.1) is 0 Å². The fourth-order valence-electron chi connectivity index (χ4n) is 3.25. The number of fused-ring (bicyclic) bond motifs is 1. The number of H-pyrrole nitrogens is 1. The van der Waals surface area contributed by atoms with Crippen molar-refractivity contribution >= 4 is 40.0 Å². The second-order valence-corrected chi connectivity index (χ2v) is 8.13. The molecule has 36 heavy (non-hydrogen) atoms. The van der Waals surface area contributed by atoms with Crippen molar-refractivity contribution in [2.75, 3.05) is 19.0 Å². The fourth-order valence-corrected chi connectivity index (χ4v) is 3.51. The summed E-state index contributed by atoms with van der Waals surface area (Å²) in [4.78, 5) is 16.3. The Morgan fingerprint density at radius 3 is 2.75 bits per heavy atom. The number of carbonyl (C=O) groups excluding carboxylic acids is 1. The van der Waals surface area contributed by atoms with E-state index in [1.165, 1.54) is 17.9 Å². The molecule has 0 saturated heterocycles. The van der Waals surface area contributed by atoms with Crippen LogP contribution in [0.4, 0.5) is 24.8 Å². The van der Waals surface area contributed by atoms with Crippen molar-refractivity contribution in [1.29, 1.82) is 0 Å². The second-order valence-electron chi connectivity index (χ2n) is 7.75. The van der Waals surface area contributed by atoms with E-state index in [1.807, 2.05) is 11.4 Å². The number of aromatic amines is 1. The first-order chi connectivity index (χ1) is 17.1. The number of amides is 1. The van der Waals surface area contributed by atoms with Crippen LogP contribution in [0.5, 0.6) is 11.5 Å². The van der Waals surface area contributed by atoms with Gasteiger partial charge in [-0.1, -0.05) is 11.6 Å². The van der Waals surface area contributed by atoms with Crippen LogP contribution in [0.3, 0.4) is 0 Å². The summed E-state index contributed by atoms with van der Waals surface area (Å²) in [5, 5.41) is 17.4. The number of hydrogen-bond donors (Lipinski definition) is 3. The third-order valence-electron chi connectivity index (χ3n) is 5.22. The Balaban J connectivity index is 1.48. The highest BCUT2D eigenvalue weighted by Gasteiger charge is 2.37. The summed E-state index contributed by atoms with van der Waals surface area (Å²) in [5.41, 5.74) is 1.99. The van der Waals surface area contributed by atoms with Crippen LogP contribution in [0.15, 0.2) is 36.5 Å². The van der Waals surface area contributed by atoms with Gasteiger partial charge in [0, 0.05) is 18.0 Å². The zero-order valence-corrected chi connectivity index (χ0v) is 20.0. The Morgan fingerprint density at radius 1 is 1.25 bits per heavy atom. The first-order valence-corrected chi connectivity index (χ1v) is 10.9. The summed E-state index contributed by atoms with van der Waals surface area (Å²) < 4.78 is 50.1. The summed E-state index contributed by atoms with van der Waals surface area (Å²) >= 11 is 6.47. The normalized spacial score (nSPS) is 12.4. The quantitative estimate of drug-likeness (QED) is 0.316. The average molecular weight is 524 g/mol. The van der Waals surface area contributed by atoms with Gasteiger partial charge in [0.15, 0.2) is 23.9 Å². The van der Waals surface area contributed by atoms with Crippen molar-refractivity contribution in [2.24, 2.45) is 7.05 Å². The third-order valence-corrected chi connectivity index (χ3v) is 5.62. The van der Waals surface area contributed by atoms with Crippen molar-refractivity contribution in [1.82, 2.24) is 30.3 Å². The van der Waals surface area contributed by atoms with E-state index in [0.717, 1.165) is 17.8 Å². The number of carbonyl (C=O) groups is 1. The Bertz CT molecular complexity index is 1400. The van der Waals surface area contributed by atoms with E-state index in [1.54, 1.807) is 31.4 Å². The number of alkyl halides is 3. The molecular formula is C22H21ClF3N7O3. The van der Waals surface area contributed by atoms with E-state index in [2.05, 4.69) is 25.6 Å². The smallest absolute Gasteiger partial charge is 0.408 e. The molecule has 14 heteroatoms. The van der Waals surface area contributed by atoms with Crippen LogP contribution in [-0.4, -0.2) is 56.8 Å². The molecule has 4 rings (SSSR count). The largest absolute Gasteiger partial charge is 0.493 e. The Hall–Kier alpha value is -4.00. The van der Waals surface area contributed by atoms with Gasteiger partial charge in [-0.15, -0.1) is 5.10 Å². The van der Waals surface area contributed by atoms with E-state index >= 15 is 0 Å². The second kappa shape index (κ2) is 9.93. The van der Waals surface area contributed by atoms with Gasteiger partial charge in [-0.3, -0.25) is 9.89 Å². The molecule has 0 aliphatic carbocycles. The minimum Gasteiger partial charge on any atom is -0.493 e. The highest BCUT2D eigenvalue weighted by molar-refractivity contribution is 6.38. The van der Waals surface area contributed by atoms with E-state index in [-0.39, 0.29) is 11.5 Å².